The third-order valence-corrected chi connectivity index (χ3v) is 14.8. The molecule has 11 nitrogen and oxygen atoms in total. The molecule has 6 atom stereocenters. The van der Waals surface area contributed by atoms with E-state index in [1.54, 1.807) is 26.8 Å². The molecule has 1 aromatic rings. The Kier molecular flexibility index (Phi) is 8.39. The molecule has 1 unspecified atom stereocenters. The van der Waals surface area contributed by atoms with E-state index in [1.165, 1.54) is 13.8 Å². The molecule has 2 N–H and O–H groups in total. The van der Waals surface area contributed by atoms with E-state index in [0.717, 1.165) is 17.7 Å². The summed E-state index contributed by atoms with van der Waals surface area (Å²) in [5.41, 5.74) is -0.712. The summed E-state index contributed by atoms with van der Waals surface area (Å²) in [4.78, 5) is 40.4. The monoisotopic (exact) mass is 658 g/mol. The van der Waals surface area contributed by atoms with Gasteiger partial charge < -0.3 is 38.7 Å². The highest BCUT2D eigenvalue weighted by molar-refractivity contribution is 6.74. The minimum Gasteiger partial charge on any atom is -0.541 e. The second-order valence-corrected chi connectivity index (χ2v) is 20.5. The summed E-state index contributed by atoms with van der Waals surface area (Å²) in [5.74, 6) is 0.197. The molecule has 2 aliphatic carbocycles. The molecule has 0 saturated carbocycles. The first-order chi connectivity index (χ1) is 21.1. The molecule has 1 fully saturated rings. The molecule has 1 aromatic carbocycles. The van der Waals surface area contributed by atoms with E-state index in [-0.39, 0.29) is 17.5 Å². The minimum absolute atomic E-state index is 0.0464. The third kappa shape index (κ3) is 5.59. The predicted octanol–water partition coefficient (Wildman–Crippen LogP) is 4.74. The lowest BCUT2D eigenvalue weighted by Crippen LogP contribution is -2.74. The number of likely N-dealkylation sites (tertiary alicyclic amines) is 1. The average molecular weight is 659 g/mol. The van der Waals surface area contributed by atoms with Gasteiger partial charge in [0.25, 0.3) is 14.2 Å². The SMILES string of the molecule is CC(NC(=O)[C@H](C)OC(=O)OC(C)(C)C)C(=O)OC1=CC[C@@]2(O)[C@H]3Cc4ccc(O[Si](C)(C)C(C)(C)C)c5c4[C@@]2(CCN3C)[C@H]1O5. The Hall–Kier alpha value is -3.09. The van der Waals surface area contributed by atoms with Crippen LogP contribution in [0.15, 0.2) is 24.0 Å². The Morgan fingerprint density at radius 1 is 1.13 bits per heavy atom. The van der Waals surface area contributed by atoms with E-state index in [4.69, 9.17) is 23.4 Å². The summed E-state index contributed by atoms with van der Waals surface area (Å²) in [6.07, 6.45) is 0.356. The van der Waals surface area contributed by atoms with Crippen molar-refractivity contribution in [2.45, 2.75) is 134 Å². The number of piperidine rings is 1. The predicted molar refractivity (Wildman–Crippen MR) is 173 cm³/mol. The summed E-state index contributed by atoms with van der Waals surface area (Å²) in [5, 5.41) is 15.1. The van der Waals surface area contributed by atoms with Crippen molar-refractivity contribution in [1.82, 2.24) is 10.2 Å². The molecule has 0 radical (unpaired) electrons. The Labute approximate surface area is 273 Å². The number of carbonyl (C=O) groups excluding carboxylic acids is 3. The molecule has 5 rings (SSSR count). The molecule has 46 heavy (non-hydrogen) atoms. The molecule has 2 aliphatic heterocycles. The number of ether oxygens (including phenoxy) is 4. The van der Waals surface area contributed by atoms with Crippen LogP contribution < -0.4 is 14.5 Å². The van der Waals surface area contributed by atoms with Gasteiger partial charge in [0.2, 0.25) is 0 Å². The minimum atomic E-state index is -2.25. The molecule has 12 heteroatoms. The van der Waals surface area contributed by atoms with Crippen molar-refractivity contribution in [2.24, 2.45) is 0 Å². The van der Waals surface area contributed by atoms with Crippen molar-refractivity contribution < 1.29 is 42.9 Å². The zero-order valence-electron chi connectivity index (χ0n) is 29.0. The van der Waals surface area contributed by atoms with Crippen LogP contribution in [0, 0.1) is 0 Å². The number of likely N-dealkylation sites (N-methyl/N-ethyl adjacent to an activating group) is 1. The van der Waals surface area contributed by atoms with Crippen LogP contribution in [-0.4, -0.2) is 85.4 Å². The quantitative estimate of drug-likeness (QED) is 0.313. The van der Waals surface area contributed by atoms with Crippen molar-refractivity contribution in [3.63, 3.8) is 0 Å². The summed E-state index contributed by atoms with van der Waals surface area (Å²) >= 11 is 0. The maximum absolute atomic E-state index is 13.4. The molecule has 4 aliphatic rings. The van der Waals surface area contributed by atoms with Crippen molar-refractivity contribution >= 4 is 26.3 Å². The van der Waals surface area contributed by atoms with Gasteiger partial charge in [-0.15, -0.1) is 0 Å². The number of amides is 1. The van der Waals surface area contributed by atoms with Crippen LogP contribution in [0.5, 0.6) is 11.5 Å². The van der Waals surface area contributed by atoms with E-state index in [1.807, 2.05) is 13.1 Å². The first kappa shape index (κ1) is 34.2. The van der Waals surface area contributed by atoms with Crippen LogP contribution in [0.3, 0.4) is 0 Å². The highest BCUT2D eigenvalue weighted by atomic mass is 28.4. The zero-order valence-corrected chi connectivity index (χ0v) is 30.0. The molecule has 1 amide bonds. The maximum atomic E-state index is 13.4. The first-order valence-corrected chi connectivity index (χ1v) is 19.1. The fourth-order valence-corrected chi connectivity index (χ4v) is 8.02. The molecule has 254 valence electrons. The van der Waals surface area contributed by atoms with Crippen molar-refractivity contribution in [3.8, 4) is 11.5 Å². The average Bonchev–Trinajstić information content (AvgIpc) is 3.27. The van der Waals surface area contributed by atoms with Gasteiger partial charge in [-0.3, -0.25) is 4.79 Å². The van der Waals surface area contributed by atoms with Crippen LogP contribution >= 0.6 is 0 Å². The van der Waals surface area contributed by atoms with E-state index < -0.39 is 61.2 Å². The largest absolute Gasteiger partial charge is 0.541 e. The van der Waals surface area contributed by atoms with Gasteiger partial charge in [0.1, 0.15) is 23.2 Å². The van der Waals surface area contributed by atoms with Gasteiger partial charge in [-0.2, -0.15) is 0 Å². The third-order valence-electron chi connectivity index (χ3n) is 10.5. The lowest BCUT2D eigenvalue weighted by atomic mass is 9.50. The van der Waals surface area contributed by atoms with Gasteiger partial charge in [-0.25, -0.2) is 9.59 Å². The Morgan fingerprint density at radius 3 is 2.43 bits per heavy atom. The van der Waals surface area contributed by atoms with Gasteiger partial charge in [-0.1, -0.05) is 26.8 Å². The Balaban J connectivity index is 1.41. The van der Waals surface area contributed by atoms with Crippen molar-refractivity contribution in [1.29, 1.82) is 0 Å². The van der Waals surface area contributed by atoms with Gasteiger partial charge in [0.15, 0.2) is 18.0 Å². The smallest absolute Gasteiger partial charge is 0.509 e. The topological polar surface area (TPSA) is 133 Å². The number of aliphatic hydroxyl groups is 1. The van der Waals surface area contributed by atoms with Crippen molar-refractivity contribution in [2.75, 3.05) is 13.6 Å². The van der Waals surface area contributed by atoms with E-state index in [9.17, 15) is 19.5 Å². The Morgan fingerprint density at radius 2 is 1.80 bits per heavy atom. The normalized spacial score (nSPS) is 28.1. The first-order valence-electron chi connectivity index (χ1n) is 16.2. The summed E-state index contributed by atoms with van der Waals surface area (Å²) < 4.78 is 29.7. The number of benzene rings is 1. The number of esters is 1. The fourth-order valence-electron chi connectivity index (χ4n) is 7.00. The lowest BCUT2D eigenvalue weighted by Gasteiger charge is -2.61. The molecule has 2 bridgehead atoms. The molecule has 1 saturated heterocycles. The lowest BCUT2D eigenvalue weighted by molar-refractivity contribution is -0.170. The fraction of sp³-hybridized carbons (Fsp3) is 0.676. The summed E-state index contributed by atoms with van der Waals surface area (Å²) in [6.45, 7) is 19.6. The molecular formula is C34H50N2O9Si. The number of hydrogen-bond acceptors (Lipinski definition) is 10. The standard InChI is InChI=1S/C34H50N2O9Si/c1-19(35-28(37)20(2)41-30(39)44-31(3,4)5)29(38)42-23-14-15-34(40)24-18-21-12-13-22(45-46(10,11)32(6,7)8)26-25(21)33(34,27(23)43-26)16-17-36(24)9/h12-14,19-20,24,27,40H,15-18H2,1-11H3,(H,35,37)/t19?,20-,24+,27-,33-,34+/m0/s1. The summed E-state index contributed by atoms with van der Waals surface area (Å²) in [6, 6.07) is 2.87. The highest BCUT2D eigenvalue weighted by Crippen LogP contribution is 2.65. The molecule has 2 heterocycles. The van der Waals surface area contributed by atoms with Crippen LogP contribution in [0.4, 0.5) is 4.79 Å². The van der Waals surface area contributed by atoms with Gasteiger partial charge in [0, 0.05) is 18.0 Å². The summed E-state index contributed by atoms with van der Waals surface area (Å²) in [7, 11) is -0.213. The van der Waals surface area contributed by atoms with Gasteiger partial charge in [0.05, 0.1) is 11.0 Å². The van der Waals surface area contributed by atoms with E-state index >= 15 is 0 Å². The molecular weight excluding hydrogens is 608 g/mol. The second kappa shape index (κ2) is 11.3. The Bertz CT molecular complexity index is 1460. The van der Waals surface area contributed by atoms with E-state index in [0.29, 0.717) is 30.1 Å². The van der Waals surface area contributed by atoms with Crippen LogP contribution in [0.25, 0.3) is 0 Å². The molecule has 0 aromatic heterocycles. The number of nitrogens with zero attached hydrogens (tertiary/aromatic N) is 1. The number of nitrogens with one attached hydrogen (secondary N) is 1. The van der Waals surface area contributed by atoms with E-state index in [2.05, 4.69) is 50.1 Å². The molecule has 1 spiro atoms. The number of carbonyl (C=O) groups is 3. The number of rotatable bonds is 7. The number of hydrogen-bond donors (Lipinski definition) is 2. The second-order valence-electron chi connectivity index (χ2n) is 15.8. The highest BCUT2D eigenvalue weighted by Gasteiger charge is 2.72. The van der Waals surface area contributed by atoms with Crippen molar-refractivity contribution in [3.05, 3.63) is 35.1 Å². The maximum Gasteiger partial charge on any atom is 0.509 e. The van der Waals surface area contributed by atoms with Crippen LogP contribution in [0.2, 0.25) is 18.1 Å². The van der Waals surface area contributed by atoms with Crippen LogP contribution in [-0.2, 0) is 35.6 Å². The van der Waals surface area contributed by atoms with Gasteiger partial charge >= 0.3 is 12.1 Å². The van der Waals surface area contributed by atoms with Crippen LogP contribution in [0.1, 0.15) is 79.4 Å². The zero-order chi connectivity index (χ0) is 34.2. The van der Waals surface area contributed by atoms with Gasteiger partial charge in [-0.05, 0) is 96.9 Å².